The average Bonchev–Trinajstić information content (AvgIpc) is 2.47. The maximum atomic E-state index is 12.2. The predicted octanol–water partition coefficient (Wildman–Crippen LogP) is 2.34. The van der Waals surface area contributed by atoms with E-state index in [-0.39, 0.29) is 18.0 Å². The van der Waals surface area contributed by atoms with Crippen molar-refractivity contribution >= 4 is 11.9 Å². The Bertz CT molecular complexity index is 641. The molecule has 1 unspecified atom stereocenters. The fourth-order valence-corrected chi connectivity index (χ4v) is 2.01. The average molecular weight is 284 g/mol. The Hall–Kier alpha value is -2.69. The van der Waals surface area contributed by atoms with Gasteiger partial charge in [-0.1, -0.05) is 36.4 Å². The predicted molar refractivity (Wildman–Crippen MR) is 77.9 cm³/mol. The Morgan fingerprint density at radius 3 is 2.48 bits per heavy atom. The lowest BCUT2D eigenvalue weighted by Crippen LogP contribution is -2.30. The molecule has 0 aliphatic heterocycles. The molecule has 2 rings (SSSR count). The molecular formula is C16H16N2O3. The molecule has 0 bridgehead atoms. The molecule has 0 fully saturated rings. The second kappa shape index (κ2) is 6.65. The minimum atomic E-state index is -0.971. The lowest BCUT2D eigenvalue weighted by atomic mass is 10.0. The van der Waals surface area contributed by atoms with Crippen LogP contribution in [0.1, 0.15) is 34.2 Å². The minimum Gasteiger partial charge on any atom is -0.481 e. The maximum Gasteiger partial charge on any atom is 0.305 e. The molecule has 108 valence electrons. The van der Waals surface area contributed by atoms with E-state index in [1.165, 1.54) is 0 Å². The zero-order valence-electron chi connectivity index (χ0n) is 11.6. The Morgan fingerprint density at radius 1 is 1.14 bits per heavy atom. The summed E-state index contributed by atoms with van der Waals surface area (Å²) in [7, 11) is 0. The van der Waals surface area contributed by atoms with Crippen molar-refractivity contribution in [2.45, 2.75) is 19.4 Å². The molecule has 0 saturated carbocycles. The van der Waals surface area contributed by atoms with Crippen LogP contribution in [0.3, 0.4) is 0 Å². The standard InChI is InChI=1S/C16H16N2O3/c1-11-6-5-9-13(17-11)16(21)18-14(10-15(19)20)12-7-3-2-4-8-12/h2-9,14H,10H2,1H3,(H,18,21)(H,19,20). The highest BCUT2D eigenvalue weighted by Gasteiger charge is 2.19. The smallest absolute Gasteiger partial charge is 0.305 e. The van der Waals surface area contributed by atoms with Crippen LogP contribution in [-0.4, -0.2) is 22.0 Å². The number of carboxylic acids is 1. The molecule has 1 atom stereocenters. The van der Waals surface area contributed by atoms with Crippen LogP contribution in [0, 0.1) is 6.92 Å². The summed E-state index contributed by atoms with van der Waals surface area (Å²) >= 11 is 0. The molecular weight excluding hydrogens is 268 g/mol. The second-order valence-electron chi connectivity index (χ2n) is 4.70. The van der Waals surface area contributed by atoms with Gasteiger partial charge in [0.05, 0.1) is 12.5 Å². The van der Waals surface area contributed by atoms with Gasteiger partial charge >= 0.3 is 5.97 Å². The lowest BCUT2D eigenvalue weighted by Gasteiger charge is -2.17. The maximum absolute atomic E-state index is 12.2. The number of hydrogen-bond donors (Lipinski definition) is 2. The zero-order valence-corrected chi connectivity index (χ0v) is 11.6. The quantitative estimate of drug-likeness (QED) is 0.883. The van der Waals surface area contributed by atoms with Crippen LogP contribution in [0.5, 0.6) is 0 Å². The third-order valence-electron chi connectivity index (χ3n) is 3.01. The van der Waals surface area contributed by atoms with Crippen molar-refractivity contribution < 1.29 is 14.7 Å². The van der Waals surface area contributed by atoms with E-state index in [1.807, 2.05) is 6.07 Å². The molecule has 5 nitrogen and oxygen atoms in total. The van der Waals surface area contributed by atoms with Crippen LogP contribution >= 0.6 is 0 Å². The largest absolute Gasteiger partial charge is 0.481 e. The fourth-order valence-electron chi connectivity index (χ4n) is 2.01. The summed E-state index contributed by atoms with van der Waals surface area (Å²) in [6.07, 6.45) is -0.179. The molecule has 0 aliphatic carbocycles. The molecule has 5 heteroatoms. The van der Waals surface area contributed by atoms with E-state index in [9.17, 15) is 9.59 Å². The number of rotatable bonds is 5. The van der Waals surface area contributed by atoms with Gasteiger partial charge in [0.1, 0.15) is 5.69 Å². The molecule has 2 N–H and O–H groups in total. The Labute approximate surface area is 122 Å². The van der Waals surface area contributed by atoms with Crippen molar-refractivity contribution in [1.82, 2.24) is 10.3 Å². The number of nitrogens with one attached hydrogen (secondary N) is 1. The number of hydrogen-bond acceptors (Lipinski definition) is 3. The SMILES string of the molecule is Cc1cccc(C(=O)NC(CC(=O)O)c2ccccc2)n1. The number of aliphatic carboxylic acids is 1. The summed E-state index contributed by atoms with van der Waals surface area (Å²) in [6.45, 7) is 1.79. The number of aryl methyl sites for hydroxylation is 1. The Balaban J connectivity index is 2.19. The first-order chi connectivity index (χ1) is 10.1. The third kappa shape index (κ3) is 4.14. The lowest BCUT2D eigenvalue weighted by molar-refractivity contribution is -0.137. The van der Waals surface area contributed by atoms with Crippen molar-refractivity contribution in [3.8, 4) is 0 Å². The summed E-state index contributed by atoms with van der Waals surface area (Å²) in [6, 6.07) is 13.6. The summed E-state index contributed by atoms with van der Waals surface area (Å²) in [4.78, 5) is 27.3. The molecule has 2 aromatic rings. The fraction of sp³-hybridized carbons (Fsp3) is 0.188. The second-order valence-corrected chi connectivity index (χ2v) is 4.70. The Kier molecular flexibility index (Phi) is 4.66. The zero-order chi connectivity index (χ0) is 15.2. The van der Waals surface area contributed by atoms with Gasteiger partial charge in [-0.25, -0.2) is 4.98 Å². The van der Waals surface area contributed by atoms with Gasteiger partial charge in [0.15, 0.2) is 0 Å². The molecule has 0 spiro atoms. The summed E-state index contributed by atoms with van der Waals surface area (Å²) in [5.74, 6) is -1.35. The highest BCUT2D eigenvalue weighted by molar-refractivity contribution is 5.92. The van der Waals surface area contributed by atoms with Gasteiger partial charge in [-0.2, -0.15) is 0 Å². The third-order valence-corrected chi connectivity index (χ3v) is 3.01. The topological polar surface area (TPSA) is 79.3 Å². The van der Waals surface area contributed by atoms with E-state index in [4.69, 9.17) is 5.11 Å². The number of carbonyl (C=O) groups is 2. The van der Waals surface area contributed by atoms with Gasteiger partial charge in [0.25, 0.3) is 5.91 Å². The van der Waals surface area contributed by atoms with Gasteiger partial charge in [0.2, 0.25) is 0 Å². The summed E-state index contributed by atoms with van der Waals surface area (Å²) < 4.78 is 0. The number of benzene rings is 1. The van der Waals surface area contributed by atoms with Crippen LogP contribution in [0.15, 0.2) is 48.5 Å². The number of pyridine rings is 1. The number of nitrogens with zero attached hydrogens (tertiary/aromatic N) is 1. The number of amides is 1. The minimum absolute atomic E-state index is 0.179. The molecule has 1 amide bonds. The van der Waals surface area contributed by atoms with Gasteiger partial charge in [-0.15, -0.1) is 0 Å². The molecule has 1 aromatic carbocycles. The van der Waals surface area contributed by atoms with E-state index in [2.05, 4.69) is 10.3 Å². The van der Waals surface area contributed by atoms with Crippen LogP contribution < -0.4 is 5.32 Å². The van der Waals surface area contributed by atoms with Gasteiger partial charge < -0.3 is 10.4 Å². The van der Waals surface area contributed by atoms with Crippen molar-refractivity contribution in [3.05, 3.63) is 65.5 Å². The normalized spacial score (nSPS) is 11.7. The van der Waals surface area contributed by atoms with Crippen molar-refractivity contribution in [2.75, 3.05) is 0 Å². The van der Waals surface area contributed by atoms with Crippen LogP contribution in [0.4, 0.5) is 0 Å². The first-order valence-corrected chi connectivity index (χ1v) is 6.57. The van der Waals surface area contributed by atoms with Gasteiger partial charge in [0, 0.05) is 5.69 Å². The molecule has 0 aliphatic rings. The first-order valence-electron chi connectivity index (χ1n) is 6.57. The van der Waals surface area contributed by atoms with Crippen molar-refractivity contribution in [1.29, 1.82) is 0 Å². The molecule has 1 heterocycles. The van der Waals surface area contributed by atoms with E-state index in [1.54, 1.807) is 49.4 Å². The van der Waals surface area contributed by atoms with E-state index in [0.717, 1.165) is 11.3 Å². The summed E-state index contributed by atoms with van der Waals surface area (Å²) in [5.41, 5.74) is 1.76. The molecule has 1 aromatic heterocycles. The van der Waals surface area contributed by atoms with Gasteiger partial charge in [-0.05, 0) is 24.6 Å². The Morgan fingerprint density at radius 2 is 1.86 bits per heavy atom. The van der Waals surface area contributed by atoms with Crippen LogP contribution in [0.2, 0.25) is 0 Å². The number of carbonyl (C=O) groups excluding carboxylic acids is 1. The van der Waals surface area contributed by atoms with Crippen LogP contribution in [0.25, 0.3) is 0 Å². The van der Waals surface area contributed by atoms with E-state index in [0.29, 0.717) is 0 Å². The molecule has 21 heavy (non-hydrogen) atoms. The van der Waals surface area contributed by atoms with Gasteiger partial charge in [-0.3, -0.25) is 9.59 Å². The van der Waals surface area contributed by atoms with E-state index < -0.39 is 12.0 Å². The number of carboxylic acid groups (broad SMARTS) is 1. The highest BCUT2D eigenvalue weighted by atomic mass is 16.4. The summed E-state index contributed by atoms with van der Waals surface area (Å²) in [5, 5.41) is 11.7. The van der Waals surface area contributed by atoms with Crippen molar-refractivity contribution in [2.24, 2.45) is 0 Å². The van der Waals surface area contributed by atoms with E-state index >= 15 is 0 Å². The van der Waals surface area contributed by atoms with Crippen LogP contribution in [-0.2, 0) is 4.79 Å². The molecule has 0 radical (unpaired) electrons. The van der Waals surface area contributed by atoms with Crippen molar-refractivity contribution in [3.63, 3.8) is 0 Å². The number of aromatic nitrogens is 1. The molecule has 0 saturated heterocycles. The first kappa shape index (κ1) is 14.7. The highest BCUT2D eigenvalue weighted by Crippen LogP contribution is 2.17. The monoisotopic (exact) mass is 284 g/mol.